The highest BCUT2D eigenvalue weighted by Crippen LogP contribution is 2.39. The van der Waals surface area contributed by atoms with Crippen molar-refractivity contribution < 1.29 is 37.0 Å². The van der Waals surface area contributed by atoms with Crippen LogP contribution in [0.5, 0.6) is 11.5 Å². The van der Waals surface area contributed by atoms with E-state index in [1.807, 2.05) is 37.4 Å². The molecule has 4 amide bonds. The van der Waals surface area contributed by atoms with Gasteiger partial charge in [0.25, 0.3) is 11.8 Å². The first-order valence-electron chi connectivity index (χ1n) is 12.2. The number of nitrogens with zero attached hydrogens (tertiary/aromatic N) is 1. The van der Waals surface area contributed by atoms with Gasteiger partial charge >= 0.3 is 12.2 Å². The Morgan fingerprint density at radius 2 is 1.66 bits per heavy atom. The molecule has 0 bridgehead atoms. The summed E-state index contributed by atoms with van der Waals surface area (Å²) in [7, 11) is 0. The van der Waals surface area contributed by atoms with E-state index < -0.39 is 40.8 Å². The topological polar surface area (TPSA) is 84.9 Å². The second-order valence-corrected chi connectivity index (χ2v) is 9.91. The van der Waals surface area contributed by atoms with Crippen molar-refractivity contribution in [1.29, 1.82) is 0 Å². The lowest BCUT2D eigenvalue weighted by Gasteiger charge is -2.27. The molecule has 1 saturated heterocycles. The van der Waals surface area contributed by atoms with Gasteiger partial charge in [0.15, 0.2) is 11.5 Å². The van der Waals surface area contributed by atoms with E-state index in [0.717, 1.165) is 28.8 Å². The number of anilines is 1. The Morgan fingerprint density at radius 3 is 2.32 bits per heavy atom. The smallest absolute Gasteiger partial charge is 0.416 e. The van der Waals surface area contributed by atoms with Gasteiger partial charge in [-0.05, 0) is 79.4 Å². The maximum Gasteiger partial charge on any atom is 0.416 e. The van der Waals surface area contributed by atoms with E-state index in [1.54, 1.807) is 6.92 Å². The third-order valence-electron chi connectivity index (χ3n) is 6.21. The standard InChI is InChI=1S/C29H23Cl2F3N2O5/c1-4-40-24-12-18(11-22(31)25(24)41-14-17-6-5-15(2)16(3)9-17)10-20-26(37)35-28(39)36(27(20)38)23-13-19(29(32,33)34)7-8-21(23)30/h5-13H,4,14H2,1-3H3,(H,35,37,39)/b20-10-. The van der Waals surface area contributed by atoms with Crippen molar-refractivity contribution in [1.82, 2.24) is 5.32 Å². The Morgan fingerprint density at radius 1 is 0.927 bits per heavy atom. The molecule has 214 valence electrons. The molecule has 41 heavy (non-hydrogen) atoms. The summed E-state index contributed by atoms with van der Waals surface area (Å²) in [4.78, 5) is 38.8. The van der Waals surface area contributed by atoms with Gasteiger partial charge in [0.05, 0.1) is 27.9 Å². The van der Waals surface area contributed by atoms with Crippen LogP contribution in [-0.2, 0) is 22.4 Å². The molecule has 0 unspecified atom stereocenters. The molecule has 0 aromatic heterocycles. The molecule has 1 N–H and O–H groups in total. The van der Waals surface area contributed by atoms with Gasteiger partial charge < -0.3 is 9.47 Å². The number of aryl methyl sites for hydroxylation is 2. The lowest BCUT2D eigenvalue weighted by molar-refractivity contribution is -0.137. The molecule has 1 heterocycles. The van der Waals surface area contributed by atoms with Crippen LogP contribution in [0.2, 0.25) is 10.0 Å². The van der Waals surface area contributed by atoms with Crippen molar-refractivity contribution in [2.24, 2.45) is 0 Å². The number of barbiturate groups is 1. The molecule has 0 atom stereocenters. The van der Waals surface area contributed by atoms with E-state index in [9.17, 15) is 27.6 Å². The highest BCUT2D eigenvalue weighted by molar-refractivity contribution is 6.42. The van der Waals surface area contributed by atoms with Crippen LogP contribution in [-0.4, -0.2) is 24.5 Å². The van der Waals surface area contributed by atoms with Gasteiger partial charge in [-0.3, -0.25) is 14.9 Å². The third kappa shape index (κ3) is 6.49. The fourth-order valence-corrected chi connectivity index (χ4v) is 4.50. The minimum atomic E-state index is -4.77. The van der Waals surface area contributed by atoms with Gasteiger partial charge in [-0.1, -0.05) is 41.4 Å². The zero-order valence-electron chi connectivity index (χ0n) is 22.0. The van der Waals surface area contributed by atoms with Gasteiger partial charge in [-0.25, -0.2) is 9.69 Å². The number of ether oxygens (including phenoxy) is 2. The van der Waals surface area contributed by atoms with Crippen molar-refractivity contribution in [3.8, 4) is 11.5 Å². The van der Waals surface area contributed by atoms with E-state index in [2.05, 4.69) is 0 Å². The Bertz CT molecular complexity index is 1590. The fourth-order valence-electron chi connectivity index (χ4n) is 4.03. The Kier molecular flexibility index (Phi) is 8.65. The minimum absolute atomic E-state index is 0.115. The molecule has 0 spiro atoms. The molecule has 1 fully saturated rings. The first kappa shape index (κ1) is 30.0. The molecule has 7 nitrogen and oxygen atoms in total. The van der Waals surface area contributed by atoms with Crippen molar-refractivity contribution >= 4 is 52.8 Å². The summed E-state index contributed by atoms with van der Waals surface area (Å²) in [6, 6.07) is 9.71. The summed E-state index contributed by atoms with van der Waals surface area (Å²) in [5.41, 5.74) is 1.16. The number of amides is 4. The molecule has 1 aliphatic heterocycles. The van der Waals surface area contributed by atoms with Crippen molar-refractivity contribution in [3.05, 3.63) is 92.0 Å². The molecule has 4 rings (SSSR count). The fraction of sp³-hybridized carbons (Fsp3) is 0.207. The molecule has 3 aromatic carbocycles. The summed E-state index contributed by atoms with van der Waals surface area (Å²) >= 11 is 12.5. The van der Waals surface area contributed by atoms with Crippen LogP contribution >= 0.6 is 23.2 Å². The third-order valence-corrected chi connectivity index (χ3v) is 6.81. The number of carbonyl (C=O) groups excluding carboxylic acids is 3. The number of hydrogen-bond donors (Lipinski definition) is 1. The van der Waals surface area contributed by atoms with Gasteiger partial charge in [-0.15, -0.1) is 0 Å². The molecule has 0 saturated carbocycles. The van der Waals surface area contributed by atoms with Crippen LogP contribution in [0.15, 0.2) is 54.1 Å². The predicted molar refractivity (Wildman–Crippen MR) is 148 cm³/mol. The van der Waals surface area contributed by atoms with E-state index in [0.29, 0.717) is 17.0 Å². The van der Waals surface area contributed by atoms with Gasteiger partial charge in [0.2, 0.25) is 0 Å². The number of alkyl halides is 3. The molecular formula is C29H23Cl2F3N2O5. The van der Waals surface area contributed by atoms with Crippen molar-refractivity contribution in [2.45, 2.75) is 33.6 Å². The van der Waals surface area contributed by atoms with Crippen molar-refractivity contribution in [3.63, 3.8) is 0 Å². The SMILES string of the molecule is CCOc1cc(/C=C2/C(=O)NC(=O)N(c3cc(C(F)(F)F)ccc3Cl)C2=O)cc(Cl)c1OCc1ccc(C)c(C)c1. The zero-order chi connectivity index (χ0) is 30.1. The normalized spacial score (nSPS) is 14.9. The van der Waals surface area contributed by atoms with E-state index >= 15 is 0 Å². The van der Waals surface area contributed by atoms with Crippen LogP contribution in [0.3, 0.4) is 0 Å². The number of urea groups is 1. The zero-order valence-corrected chi connectivity index (χ0v) is 23.5. The molecule has 3 aromatic rings. The first-order valence-corrected chi connectivity index (χ1v) is 13.0. The Balaban J connectivity index is 1.69. The number of benzene rings is 3. The largest absolute Gasteiger partial charge is 0.490 e. The summed E-state index contributed by atoms with van der Waals surface area (Å²) < 4.78 is 51.5. The van der Waals surface area contributed by atoms with Crippen LogP contribution in [0, 0.1) is 13.8 Å². The average Bonchev–Trinajstić information content (AvgIpc) is 2.88. The summed E-state index contributed by atoms with van der Waals surface area (Å²) in [6.07, 6.45) is -3.63. The van der Waals surface area contributed by atoms with Crippen molar-refractivity contribution in [2.75, 3.05) is 11.5 Å². The first-order chi connectivity index (χ1) is 19.3. The molecule has 0 aliphatic carbocycles. The maximum atomic E-state index is 13.3. The molecular weight excluding hydrogens is 584 g/mol. The van der Waals surface area contributed by atoms with Crippen LogP contribution in [0.25, 0.3) is 6.08 Å². The van der Waals surface area contributed by atoms with E-state index in [4.69, 9.17) is 32.7 Å². The lowest BCUT2D eigenvalue weighted by Crippen LogP contribution is -2.54. The lowest BCUT2D eigenvalue weighted by atomic mass is 10.1. The summed E-state index contributed by atoms with van der Waals surface area (Å²) in [5.74, 6) is -1.76. The summed E-state index contributed by atoms with van der Waals surface area (Å²) in [5, 5.41) is 1.77. The number of imide groups is 2. The summed E-state index contributed by atoms with van der Waals surface area (Å²) in [6.45, 7) is 6.16. The quantitative estimate of drug-likeness (QED) is 0.226. The average molecular weight is 607 g/mol. The highest BCUT2D eigenvalue weighted by Gasteiger charge is 2.39. The van der Waals surface area contributed by atoms with Gasteiger partial charge in [-0.2, -0.15) is 13.2 Å². The van der Waals surface area contributed by atoms with Crippen LogP contribution in [0.4, 0.5) is 23.7 Å². The molecule has 0 radical (unpaired) electrons. The van der Waals surface area contributed by atoms with Gasteiger partial charge in [0.1, 0.15) is 12.2 Å². The second-order valence-electron chi connectivity index (χ2n) is 9.09. The number of halogens is 5. The number of nitrogens with one attached hydrogen (secondary N) is 1. The number of carbonyl (C=O) groups is 3. The van der Waals surface area contributed by atoms with Gasteiger partial charge in [0, 0.05) is 0 Å². The minimum Gasteiger partial charge on any atom is -0.490 e. The second kappa shape index (κ2) is 11.8. The Labute approximate surface area is 243 Å². The number of hydrogen-bond acceptors (Lipinski definition) is 5. The van der Waals surface area contributed by atoms with Crippen LogP contribution < -0.4 is 19.7 Å². The molecule has 1 aliphatic rings. The monoisotopic (exact) mass is 606 g/mol. The Hall–Kier alpha value is -4.02. The van der Waals surface area contributed by atoms with E-state index in [1.165, 1.54) is 12.1 Å². The maximum absolute atomic E-state index is 13.3. The number of rotatable bonds is 7. The predicted octanol–water partition coefficient (Wildman–Crippen LogP) is 7.27. The highest BCUT2D eigenvalue weighted by atomic mass is 35.5. The van der Waals surface area contributed by atoms with E-state index in [-0.39, 0.29) is 40.3 Å². The molecule has 12 heteroatoms. The van der Waals surface area contributed by atoms with Crippen LogP contribution in [0.1, 0.15) is 34.7 Å².